The maximum Gasteiger partial charge on any atom is 0.234 e. The fourth-order valence-corrected chi connectivity index (χ4v) is 3.37. The Morgan fingerprint density at radius 3 is 2.77 bits per heavy atom. The number of rotatable bonds is 7. The Kier molecular flexibility index (Phi) is 6.91. The molecule has 0 saturated carbocycles. The van der Waals surface area contributed by atoms with E-state index in [0.29, 0.717) is 18.5 Å². The van der Waals surface area contributed by atoms with Crippen molar-refractivity contribution in [3.8, 4) is 0 Å². The third-order valence-corrected chi connectivity index (χ3v) is 4.59. The number of aryl methyl sites for hydroxylation is 1. The molecule has 0 spiro atoms. The summed E-state index contributed by atoms with van der Waals surface area (Å²) in [5.41, 5.74) is 1.34. The number of hydrogen-bond donors (Lipinski definition) is 1. The zero-order valence-corrected chi connectivity index (χ0v) is 14.1. The predicted molar refractivity (Wildman–Crippen MR) is 91.8 cm³/mol. The highest BCUT2D eigenvalue weighted by Gasteiger charge is 2.26. The first-order chi connectivity index (χ1) is 10.7. The zero-order chi connectivity index (χ0) is 15.8. The molecule has 1 atom stereocenters. The molecule has 22 heavy (non-hydrogen) atoms. The van der Waals surface area contributed by atoms with Gasteiger partial charge >= 0.3 is 0 Å². The molecule has 3 heteroatoms. The molecule has 122 valence electrons. The smallest absolute Gasteiger partial charge is 0.234 e. The first kappa shape index (κ1) is 17.0. The van der Waals surface area contributed by atoms with E-state index in [4.69, 9.17) is 0 Å². The summed E-state index contributed by atoms with van der Waals surface area (Å²) in [5.74, 6) is 0.812. The lowest BCUT2D eigenvalue weighted by molar-refractivity contribution is -0.123. The van der Waals surface area contributed by atoms with Gasteiger partial charge in [0, 0.05) is 12.6 Å². The topological polar surface area (TPSA) is 32.3 Å². The number of carbonyl (C=O) groups is 1. The number of piperidine rings is 1. The van der Waals surface area contributed by atoms with Crippen molar-refractivity contribution in [1.82, 2.24) is 10.2 Å². The Morgan fingerprint density at radius 1 is 1.27 bits per heavy atom. The van der Waals surface area contributed by atoms with Crippen LogP contribution >= 0.6 is 0 Å². The van der Waals surface area contributed by atoms with Gasteiger partial charge in [-0.05, 0) is 43.7 Å². The molecular weight excluding hydrogens is 272 g/mol. The van der Waals surface area contributed by atoms with E-state index in [0.717, 1.165) is 25.9 Å². The van der Waals surface area contributed by atoms with Crippen LogP contribution < -0.4 is 5.32 Å². The first-order valence-electron chi connectivity index (χ1n) is 8.71. The number of hydrogen-bond acceptors (Lipinski definition) is 2. The number of benzene rings is 1. The number of amides is 1. The molecular formula is C19H30N2O. The minimum atomic E-state index is 0.181. The number of likely N-dealkylation sites (tertiary alicyclic amines) is 1. The lowest BCUT2D eigenvalue weighted by Crippen LogP contribution is -2.47. The Bertz CT molecular complexity index is 444. The average Bonchev–Trinajstić information content (AvgIpc) is 2.53. The summed E-state index contributed by atoms with van der Waals surface area (Å²) in [7, 11) is 0. The Balaban J connectivity index is 1.66. The molecule has 0 radical (unpaired) electrons. The van der Waals surface area contributed by atoms with Gasteiger partial charge in [0.1, 0.15) is 0 Å². The molecule has 1 N–H and O–H groups in total. The lowest BCUT2D eigenvalue weighted by Gasteiger charge is -2.37. The van der Waals surface area contributed by atoms with Gasteiger partial charge in [-0.3, -0.25) is 9.69 Å². The van der Waals surface area contributed by atoms with Gasteiger partial charge in [-0.15, -0.1) is 0 Å². The van der Waals surface area contributed by atoms with Crippen LogP contribution in [-0.2, 0) is 11.2 Å². The summed E-state index contributed by atoms with van der Waals surface area (Å²) in [4.78, 5) is 14.5. The summed E-state index contributed by atoms with van der Waals surface area (Å²) in [6, 6.07) is 11.0. The third kappa shape index (κ3) is 5.45. The van der Waals surface area contributed by atoms with Gasteiger partial charge in [0.05, 0.1) is 6.54 Å². The molecule has 3 nitrogen and oxygen atoms in total. The van der Waals surface area contributed by atoms with Crippen LogP contribution in [0.15, 0.2) is 30.3 Å². The highest BCUT2D eigenvalue weighted by atomic mass is 16.2. The standard InChI is InChI=1S/C19H30N2O/c1-16(2)18-12-6-7-14-21(18)15-19(22)20-13-8-11-17-9-4-3-5-10-17/h3-5,9-10,16,18H,6-8,11-15H2,1-2H3,(H,20,22). The minimum absolute atomic E-state index is 0.181. The molecule has 2 rings (SSSR count). The van der Waals surface area contributed by atoms with Crippen LogP contribution in [0.3, 0.4) is 0 Å². The number of carbonyl (C=O) groups excluding carboxylic acids is 1. The first-order valence-corrected chi connectivity index (χ1v) is 8.71. The van der Waals surface area contributed by atoms with Crippen molar-refractivity contribution in [2.75, 3.05) is 19.6 Å². The maximum absolute atomic E-state index is 12.1. The molecule has 0 aromatic heterocycles. The monoisotopic (exact) mass is 302 g/mol. The zero-order valence-electron chi connectivity index (χ0n) is 14.1. The predicted octanol–water partition coefficient (Wildman–Crippen LogP) is 3.25. The second-order valence-corrected chi connectivity index (χ2v) is 6.72. The normalized spacial score (nSPS) is 19.3. The van der Waals surface area contributed by atoms with Crippen LogP contribution in [0.1, 0.15) is 45.1 Å². The quantitative estimate of drug-likeness (QED) is 0.784. The van der Waals surface area contributed by atoms with Crippen LogP contribution in [0.5, 0.6) is 0 Å². The van der Waals surface area contributed by atoms with Crippen LogP contribution in [0.25, 0.3) is 0 Å². The van der Waals surface area contributed by atoms with Crippen LogP contribution in [-0.4, -0.2) is 36.5 Å². The SMILES string of the molecule is CC(C)C1CCCCN1CC(=O)NCCCc1ccccc1. The molecule has 1 heterocycles. The molecule has 1 aliphatic heterocycles. The molecule has 1 unspecified atom stereocenters. The van der Waals surface area contributed by atoms with Gasteiger partial charge in [0.15, 0.2) is 0 Å². The van der Waals surface area contributed by atoms with Crippen molar-refractivity contribution < 1.29 is 4.79 Å². The summed E-state index contributed by atoms with van der Waals surface area (Å²) >= 11 is 0. The Hall–Kier alpha value is -1.35. The third-order valence-electron chi connectivity index (χ3n) is 4.59. The molecule has 1 aromatic carbocycles. The van der Waals surface area contributed by atoms with E-state index in [1.165, 1.54) is 24.8 Å². The van der Waals surface area contributed by atoms with E-state index in [9.17, 15) is 4.79 Å². The van der Waals surface area contributed by atoms with Crippen LogP contribution in [0.4, 0.5) is 0 Å². The highest BCUT2D eigenvalue weighted by molar-refractivity contribution is 5.78. The van der Waals surface area contributed by atoms with Gasteiger partial charge in [0.25, 0.3) is 0 Å². The van der Waals surface area contributed by atoms with Crippen molar-refractivity contribution in [1.29, 1.82) is 0 Å². The maximum atomic E-state index is 12.1. The van der Waals surface area contributed by atoms with Gasteiger partial charge in [-0.25, -0.2) is 0 Å². The minimum Gasteiger partial charge on any atom is -0.355 e. The van der Waals surface area contributed by atoms with Crippen molar-refractivity contribution >= 4 is 5.91 Å². The van der Waals surface area contributed by atoms with E-state index < -0.39 is 0 Å². The van der Waals surface area contributed by atoms with E-state index in [-0.39, 0.29) is 5.91 Å². The molecule has 1 fully saturated rings. The largest absolute Gasteiger partial charge is 0.355 e. The number of nitrogens with zero attached hydrogens (tertiary/aromatic N) is 1. The molecule has 0 aliphatic carbocycles. The van der Waals surface area contributed by atoms with Gasteiger partial charge in [0.2, 0.25) is 5.91 Å². The van der Waals surface area contributed by atoms with E-state index in [1.807, 2.05) is 6.07 Å². The van der Waals surface area contributed by atoms with Crippen molar-refractivity contribution in [2.45, 2.75) is 52.0 Å². The molecule has 0 bridgehead atoms. The lowest BCUT2D eigenvalue weighted by atomic mass is 9.93. The summed E-state index contributed by atoms with van der Waals surface area (Å²) in [6.07, 6.45) is 5.80. The highest BCUT2D eigenvalue weighted by Crippen LogP contribution is 2.22. The molecule has 1 aliphatic rings. The van der Waals surface area contributed by atoms with Crippen molar-refractivity contribution in [2.24, 2.45) is 5.92 Å². The van der Waals surface area contributed by atoms with Crippen LogP contribution in [0.2, 0.25) is 0 Å². The summed E-state index contributed by atoms with van der Waals surface area (Å²) in [5, 5.41) is 3.08. The fraction of sp³-hybridized carbons (Fsp3) is 0.632. The fourth-order valence-electron chi connectivity index (χ4n) is 3.37. The van der Waals surface area contributed by atoms with Crippen LogP contribution in [0, 0.1) is 5.92 Å². The molecule has 1 amide bonds. The van der Waals surface area contributed by atoms with E-state index in [2.05, 4.69) is 48.3 Å². The van der Waals surface area contributed by atoms with Gasteiger partial charge < -0.3 is 5.32 Å². The molecule has 1 aromatic rings. The molecule has 1 saturated heterocycles. The van der Waals surface area contributed by atoms with Gasteiger partial charge in [-0.2, -0.15) is 0 Å². The average molecular weight is 302 g/mol. The second kappa shape index (κ2) is 8.94. The summed E-state index contributed by atoms with van der Waals surface area (Å²) in [6.45, 7) is 6.93. The summed E-state index contributed by atoms with van der Waals surface area (Å²) < 4.78 is 0. The van der Waals surface area contributed by atoms with E-state index >= 15 is 0 Å². The van der Waals surface area contributed by atoms with Crippen molar-refractivity contribution in [3.05, 3.63) is 35.9 Å². The Morgan fingerprint density at radius 2 is 2.05 bits per heavy atom. The second-order valence-electron chi connectivity index (χ2n) is 6.72. The number of nitrogens with one attached hydrogen (secondary N) is 1. The van der Waals surface area contributed by atoms with Gasteiger partial charge in [-0.1, -0.05) is 50.6 Å². The van der Waals surface area contributed by atoms with E-state index in [1.54, 1.807) is 0 Å². The van der Waals surface area contributed by atoms with Crippen molar-refractivity contribution in [3.63, 3.8) is 0 Å². The Labute approximate surface area is 135 Å².